The van der Waals surface area contributed by atoms with Gasteiger partial charge in [0, 0.05) is 43.5 Å². The summed E-state index contributed by atoms with van der Waals surface area (Å²) in [6.45, 7) is 7.66. The Morgan fingerprint density at radius 1 is 1.12 bits per heavy atom. The van der Waals surface area contributed by atoms with Crippen LogP contribution in [0.2, 0.25) is 0 Å². The van der Waals surface area contributed by atoms with Crippen molar-refractivity contribution >= 4 is 17.4 Å². The maximum Gasteiger partial charge on any atom is 0.285 e. The van der Waals surface area contributed by atoms with E-state index in [9.17, 15) is 14.9 Å². The molecule has 0 saturated carbocycles. The van der Waals surface area contributed by atoms with Crippen molar-refractivity contribution in [2.75, 3.05) is 31.1 Å². The van der Waals surface area contributed by atoms with E-state index in [1.165, 1.54) is 6.07 Å². The molecule has 8 nitrogen and oxygen atoms in total. The predicted octanol–water partition coefficient (Wildman–Crippen LogP) is 2.27. The Balaban J connectivity index is 1.75. The molecule has 0 spiro atoms. The summed E-state index contributed by atoms with van der Waals surface area (Å²) in [5.41, 5.74) is 1.44. The van der Waals surface area contributed by atoms with Crippen molar-refractivity contribution in [1.82, 2.24) is 14.9 Å². The lowest BCUT2D eigenvalue weighted by Gasteiger charge is -2.35. The Morgan fingerprint density at radius 2 is 1.81 bits per heavy atom. The molecule has 2 heterocycles. The average Bonchev–Trinajstić information content (AvgIpc) is 2.60. The minimum Gasteiger partial charge on any atom is -0.353 e. The number of amides is 1. The van der Waals surface area contributed by atoms with E-state index in [0.29, 0.717) is 37.6 Å². The fraction of sp³-hybridized carbons (Fsp3) is 0.389. The summed E-state index contributed by atoms with van der Waals surface area (Å²) < 4.78 is 0. The normalized spacial score (nSPS) is 14.4. The van der Waals surface area contributed by atoms with Crippen molar-refractivity contribution in [3.05, 3.63) is 57.0 Å². The average molecular weight is 355 g/mol. The van der Waals surface area contributed by atoms with Crippen LogP contribution in [0.5, 0.6) is 0 Å². The topological polar surface area (TPSA) is 92.5 Å². The number of hydrogen-bond donors (Lipinski definition) is 0. The molecule has 1 amide bonds. The van der Waals surface area contributed by atoms with Crippen LogP contribution in [0.25, 0.3) is 0 Å². The van der Waals surface area contributed by atoms with Gasteiger partial charge in [-0.25, -0.2) is 9.97 Å². The van der Waals surface area contributed by atoms with Crippen LogP contribution >= 0.6 is 0 Å². The molecule has 1 aliphatic rings. The number of piperazine rings is 1. The quantitative estimate of drug-likeness (QED) is 0.619. The highest BCUT2D eigenvalue weighted by molar-refractivity contribution is 5.98. The van der Waals surface area contributed by atoms with E-state index >= 15 is 0 Å². The fourth-order valence-electron chi connectivity index (χ4n) is 3.24. The van der Waals surface area contributed by atoms with Gasteiger partial charge in [0.25, 0.3) is 11.6 Å². The standard InChI is InChI=1S/C18H21N5O3/c1-12-5-4-6-15(17(12)23(25)26)18(24)22-9-7-21(8-10-22)16-11-13(2)19-14(3)20-16/h4-6,11H,7-10H2,1-3H3. The number of carbonyl (C=O) groups is 1. The summed E-state index contributed by atoms with van der Waals surface area (Å²) in [4.78, 5) is 36.2. The lowest BCUT2D eigenvalue weighted by Crippen LogP contribution is -2.49. The first-order valence-corrected chi connectivity index (χ1v) is 8.47. The molecule has 1 aromatic carbocycles. The molecule has 26 heavy (non-hydrogen) atoms. The van der Waals surface area contributed by atoms with E-state index in [0.717, 1.165) is 11.5 Å². The van der Waals surface area contributed by atoms with Crippen molar-refractivity contribution in [2.24, 2.45) is 0 Å². The molecular weight excluding hydrogens is 334 g/mol. The first kappa shape index (κ1) is 17.8. The molecule has 2 aromatic rings. The zero-order valence-corrected chi connectivity index (χ0v) is 15.1. The molecule has 1 aromatic heterocycles. The van der Waals surface area contributed by atoms with Crippen molar-refractivity contribution in [3.63, 3.8) is 0 Å². The van der Waals surface area contributed by atoms with Gasteiger partial charge in [0.1, 0.15) is 17.2 Å². The summed E-state index contributed by atoms with van der Waals surface area (Å²) in [7, 11) is 0. The molecule has 0 aliphatic carbocycles. The van der Waals surface area contributed by atoms with Crippen molar-refractivity contribution < 1.29 is 9.72 Å². The van der Waals surface area contributed by atoms with E-state index in [1.807, 2.05) is 19.9 Å². The molecule has 0 atom stereocenters. The zero-order valence-electron chi connectivity index (χ0n) is 15.1. The molecule has 0 radical (unpaired) electrons. The van der Waals surface area contributed by atoms with Gasteiger partial charge in [-0.3, -0.25) is 14.9 Å². The number of nitro benzene ring substituents is 1. The van der Waals surface area contributed by atoms with E-state index in [1.54, 1.807) is 24.0 Å². The SMILES string of the molecule is Cc1cc(N2CCN(C(=O)c3cccc(C)c3[N+](=O)[O-])CC2)nc(C)n1. The maximum absolute atomic E-state index is 12.8. The van der Waals surface area contributed by atoms with E-state index in [4.69, 9.17) is 0 Å². The Morgan fingerprint density at radius 3 is 2.42 bits per heavy atom. The molecule has 0 unspecified atom stereocenters. The first-order valence-electron chi connectivity index (χ1n) is 8.47. The van der Waals surface area contributed by atoms with Crippen molar-refractivity contribution in [1.29, 1.82) is 0 Å². The Kier molecular flexibility index (Phi) is 4.83. The second-order valence-corrected chi connectivity index (χ2v) is 6.42. The van der Waals surface area contributed by atoms with Gasteiger partial charge in [0.2, 0.25) is 0 Å². The van der Waals surface area contributed by atoms with Crippen LogP contribution in [0, 0.1) is 30.9 Å². The van der Waals surface area contributed by atoms with Crippen LogP contribution < -0.4 is 4.90 Å². The second kappa shape index (κ2) is 7.07. The molecular formula is C18H21N5O3. The highest BCUT2D eigenvalue weighted by atomic mass is 16.6. The zero-order chi connectivity index (χ0) is 18.8. The largest absolute Gasteiger partial charge is 0.353 e. The Hall–Kier alpha value is -3.03. The van der Waals surface area contributed by atoms with E-state index in [-0.39, 0.29) is 17.2 Å². The minimum absolute atomic E-state index is 0.109. The number of nitrogens with zero attached hydrogens (tertiary/aromatic N) is 5. The fourth-order valence-corrected chi connectivity index (χ4v) is 3.24. The number of hydrogen-bond acceptors (Lipinski definition) is 6. The third kappa shape index (κ3) is 3.49. The summed E-state index contributed by atoms with van der Waals surface area (Å²) in [6.07, 6.45) is 0. The van der Waals surface area contributed by atoms with E-state index in [2.05, 4.69) is 14.9 Å². The number of aromatic nitrogens is 2. The van der Waals surface area contributed by atoms with Gasteiger partial charge in [-0.1, -0.05) is 12.1 Å². The minimum atomic E-state index is -0.481. The third-order valence-electron chi connectivity index (χ3n) is 4.49. The molecule has 1 fully saturated rings. The van der Waals surface area contributed by atoms with Crippen LogP contribution in [0.3, 0.4) is 0 Å². The Labute approximate surface area is 151 Å². The monoisotopic (exact) mass is 355 g/mol. The predicted molar refractivity (Wildman–Crippen MR) is 97.5 cm³/mol. The van der Waals surface area contributed by atoms with Gasteiger partial charge >= 0.3 is 0 Å². The molecule has 1 saturated heterocycles. The van der Waals surface area contributed by atoms with Gasteiger partial charge < -0.3 is 9.80 Å². The molecule has 8 heteroatoms. The van der Waals surface area contributed by atoms with Gasteiger partial charge in [-0.2, -0.15) is 0 Å². The lowest BCUT2D eigenvalue weighted by atomic mass is 10.1. The number of nitro groups is 1. The summed E-state index contributed by atoms with van der Waals surface area (Å²) in [6, 6.07) is 6.78. The van der Waals surface area contributed by atoms with E-state index < -0.39 is 4.92 Å². The van der Waals surface area contributed by atoms with Crippen molar-refractivity contribution in [3.8, 4) is 0 Å². The summed E-state index contributed by atoms with van der Waals surface area (Å²) in [5, 5.41) is 11.3. The van der Waals surface area contributed by atoms with Gasteiger partial charge in [-0.15, -0.1) is 0 Å². The van der Waals surface area contributed by atoms with Crippen LogP contribution in [-0.4, -0.2) is 51.9 Å². The Bertz CT molecular complexity index is 840. The molecule has 136 valence electrons. The summed E-state index contributed by atoms with van der Waals surface area (Å²) >= 11 is 0. The van der Waals surface area contributed by atoms with Gasteiger partial charge in [0.15, 0.2) is 0 Å². The van der Waals surface area contributed by atoms with Gasteiger partial charge in [0.05, 0.1) is 4.92 Å². The van der Waals surface area contributed by atoms with Crippen LogP contribution in [0.15, 0.2) is 24.3 Å². The first-order chi connectivity index (χ1) is 12.4. The van der Waals surface area contributed by atoms with Crippen LogP contribution in [0.1, 0.15) is 27.4 Å². The number of benzene rings is 1. The van der Waals surface area contributed by atoms with Gasteiger partial charge in [-0.05, 0) is 26.8 Å². The number of carbonyl (C=O) groups excluding carboxylic acids is 1. The summed E-state index contributed by atoms with van der Waals surface area (Å²) in [5.74, 6) is 1.27. The number of rotatable bonds is 3. The highest BCUT2D eigenvalue weighted by Gasteiger charge is 2.29. The number of aryl methyl sites for hydroxylation is 3. The molecule has 3 rings (SSSR count). The maximum atomic E-state index is 12.8. The number of para-hydroxylation sites is 1. The number of anilines is 1. The van der Waals surface area contributed by atoms with Crippen LogP contribution in [0.4, 0.5) is 11.5 Å². The third-order valence-corrected chi connectivity index (χ3v) is 4.49. The molecule has 1 aliphatic heterocycles. The molecule has 0 N–H and O–H groups in total. The van der Waals surface area contributed by atoms with Crippen LogP contribution in [-0.2, 0) is 0 Å². The second-order valence-electron chi connectivity index (χ2n) is 6.42. The smallest absolute Gasteiger partial charge is 0.285 e. The lowest BCUT2D eigenvalue weighted by molar-refractivity contribution is -0.385. The highest BCUT2D eigenvalue weighted by Crippen LogP contribution is 2.25. The van der Waals surface area contributed by atoms with Crippen molar-refractivity contribution in [2.45, 2.75) is 20.8 Å². The molecule has 0 bridgehead atoms.